The number of carbonyl (C=O) groups excluding carboxylic acids is 8. The summed E-state index contributed by atoms with van der Waals surface area (Å²) in [5.74, 6) is -6.18. The van der Waals surface area contributed by atoms with Gasteiger partial charge < -0.3 is 52.5 Å². The van der Waals surface area contributed by atoms with Gasteiger partial charge in [-0.1, -0.05) is 90.0 Å². The van der Waals surface area contributed by atoms with Gasteiger partial charge in [0.05, 0.1) is 47.4 Å². The molecule has 0 spiro atoms. The van der Waals surface area contributed by atoms with Crippen molar-refractivity contribution in [1.29, 1.82) is 0 Å². The van der Waals surface area contributed by atoms with Crippen LogP contribution < -0.4 is 63.2 Å². The SMILES string of the molecule is CCN(CC)c1ccc2c(-c3ccc(S(=O)(=O)NCCSSC[C@H](CC(=O)[C@H](CCCCNC(=O)CCSCC4c5ccccc5-c5ccccc54)NC(=O)[C@H](C)CC(=O)[C@H](C)NC(=O)[C@H](C)CC(=O)CC[C@H](NC(=O)c4ccc(NCc5cnc6nc(N)[nH]c(=O)c6n5)cc4)C(=O)O)C(N)=O)cc3C)c3ccc(=[N+](CC)CC)cc-3oc2c1. The quantitative estimate of drug-likeness (QED) is 0.00733. The molecule has 5 aromatic carbocycles. The molecule has 0 fully saturated rings. The fraction of sp³-hybridized carbons (Fsp3) is 0.402. The lowest BCUT2D eigenvalue weighted by molar-refractivity contribution is -0.139. The summed E-state index contributed by atoms with van der Waals surface area (Å²) < 4.78 is 39.5. The number of ketones is 3. The molecule has 119 heavy (non-hydrogen) atoms. The summed E-state index contributed by atoms with van der Waals surface area (Å²) in [5.41, 5.74) is 22.3. The number of aromatic amines is 1. The van der Waals surface area contributed by atoms with E-state index in [1.807, 2.05) is 37.3 Å². The molecule has 3 aliphatic rings. The molecule has 12 N–H and O–H groups in total. The number of nitrogens with one attached hydrogen (secondary N) is 7. The maximum absolute atomic E-state index is 14.4. The number of hydrogen-bond donors (Lipinski definition) is 10. The number of aliphatic carboxylic acids is 1. The van der Waals surface area contributed by atoms with Crippen molar-refractivity contribution in [2.75, 3.05) is 78.2 Å². The fourth-order valence-electron chi connectivity index (χ4n) is 14.5. The van der Waals surface area contributed by atoms with E-state index in [9.17, 15) is 61.5 Å². The molecule has 0 saturated heterocycles. The van der Waals surface area contributed by atoms with Crippen molar-refractivity contribution in [3.63, 3.8) is 0 Å². The molecule has 2 aromatic heterocycles. The van der Waals surface area contributed by atoms with Crippen molar-refractivity contribution in [3.05, 3.63) is 177 Å². The number of nitrogens with two attached hydrogens (primary N) is 2. The topological polar surface area (TPSA) is 423 Å². The number of carboxylic acid groups (broad SMARTS) is 1. The van der Waals surface area contributed by atoms with Crippen molar-refractivity contribution in [2.24, 2.45) is 23.5 Å². The van der Waals surface area contributed by atoms with E-state index in [1.165, 1.54) is 82.9 Å². The van der Waals surface area contributed by atoms with Gasteiger partial charge >= 0.3 is 5.97 Å². The lowest BCUT2D eigenvalue weighted by Gasteiger charge is -2.23. The monoisotopic (exact) mass is 1700 g/mol. The summed E-state index contributed by atoms with van der Waals surface area (Å²) in [6, 6.07) is 36.7. The Morgan fingerprint density at radius 2 is 1.39 bits per heavy atom. The van der Waals surface area contributed by atoms with Crippen LogP contribution in [0.4, 0.5) is 17.3 Å². The number of anilines is 3. The van der Waals surface area contributed by atoms with Crippen LogP contribution in [0.3, 0.4) is 0 Å². The zero-order chi connectivity index (χ0) is 85.6. The number of amides is 5. The summed E-state index contributed by atoms with van der Waals surface area (Å²) in [5, 5.41) is 25.8. The average molecular weight is 1700 g/mol. The van der Waals surface area contributed by atoms with E-state index in [1.54, 1.807) is 36.0 Å². The number of carbonyl (C=O) groups is 9. The molecule has 7 aromatic rings. The molecular weight excluding hydrogens is 1590 g/mol. The van der Waals surface area contributed by atoms with E-state index in [0.29, 0.717) is 54.3 Å². The number of rotatable bonds is 46. The zero-order valence-corrected chi connectivity index (χ0v) is 71.4. The first-order valence-electron chi connectivity index (χ1n) is 40.2. The van der Waals surface area contributed by atoms with Crippen LogP contribution in [0, 0.1) is 24.7 Å². The van der Waals surface area contributed by atoms with E-state index in [4.69, 9.17) is 15.9 Å². The van der Waals surface area contributed by atoms with E-state index in [-0.39, 0.29) is 103 Å². The second-order valence-corrected chi connectivity index (χ2v) is 35.2. The molecule has 630 valence electrons. The minimum Gasteiger partial charge on any atom is -0.480 e. The Labute approximate surface area is 704 Å². The Kier molecular flexibility index (Phi) is 32.5. The minimum atomic E-state index is -4.00. The molecule has 6 atom stereocenters. The van der Waals surface area contributed by atoms with Crippen molar-refractivity contribution in [3.8, 4) is 33.6 Å². The Hall–Kier alpha value is -10.8. The summed E-state index contributed by atoms with van der Waals surface area (Å²) in [4.78, 5) is 150. The molecular formula is C87H105N14O14S4+. The highest BCUT2D eigenvalue weighted by Gasteiger charge is 2.33. The highest BCUT2D eigenvalue weighted by atomic mass is 33.1. The molecule has 28 nitrogen and oxygen atoms in total. The van der Waals surface area contributed by atoms with Gasteiger partial charge in [0.1, 0.15) is 36.3 Å². The molecule has 0 bridgehead atoms. The Morgan fingerprint density at radius 3 is 2.08 bits per heavy atom. The van der Waals surface area contributed by atoms with Crippen LogP contribution in [-0.2, 0) is 54.9 Å². The van der Waals surface area contributed by atoms with Crippen LogP contribution in [0.5, 0.6) is 0 Å². The van der Waals surface area contributed by atoms with Gasteiger partial charge in [-0.2, -0.15) is 16.7 Å². The van der Waals surface area contributed by atoms with Gasteiger partial charge in [0.2, 0.25) is 45.0 Å². The number of nitrogens with zero attached hydrogens (tertiary/aromatic N) is 5. The smallest absolute Gasteiger partial charge is 0.326 e. The number of nitrogen functional groups attached to an aromatic ring is 1. The third kappa shape index (κ3) is 24.0. The van der Waals surface area contributed by atoms with Gasteiger partial charge in [-0.25, -0.2) is 32.5 Å². The summed E-state index contributed by atoms with van der Waals surface area (Å²) in [7, 11) is -1.48. The van der Waals surface area contributed by atoms with Crippen LogP contribution in [-0.4, -0.2) is 167 Å². The number of benzene rings is 6. The van der Waals surface area contributed by atoms with E-state index in [0.717, 1.165) is 70.6 Å². The molecule has 3 heterocycles. The van der Waals surface area contributed by atoms with Gasteiger partial charge in [-0.3, -0.25) is 48.1 Å². The number of fused-ring (bicyclic) bond motifs is 6. The van der Waals surface area contributed by atoms with Crippen LogP contribution >= 0.6 is 33.3 Å². The number of primary amides is 1. The normalized spacial score (nSPS) is 13.4. The highest BCUT2D eigenvalue weighted by Crippen LogP contribution is 2.46. The maximum Gasteiger partial charge on any atom is 0.326 e. The number of Topliss-reactive ketones (excluding diaryl/α,β-unsaturated/α-hetero) is 3. The minimum absolute atomic E-state index is 0.00608. The largest absolute Gasteiger partial charge is 0.480 e. The third-order valence-electron chi connectivity index (χ3n) is 21.3. The molecule has 10 rings (SSSR count). The third-order valence-corrected chi connectivity index (χ3v) is 26.3. The highest BCUT2D eigenvalue weighted by molar-refractivity contribution is 8.76. The lowest BCUT2D eigenvalue weighted by atomic mass is 9.91. The Bertz CT molecular complexity index is 5380. The number of hydrogen-bond acceptors (Lipinski definition) is 22. The van der Waals surface area contributed by atoms with Crippen molar-refractivity contribution >= 4 is 136 Å². The van der Waals surface area contributed by atoms with Gasteiger partial charge in [0, 0.05) is 145 Å². The summed E-state index contributed by atoms with van der Waals surface area (Å²) >= 11 is 1.71. The molecule has 2 aliphatic carbocycles. The summed E-state index contributed by atoms with van der Waals surface area (Å²) in [6.07, 6.45) is 0.995. The van der Waals surface area contributed by atoms with Gasteiger partial charge in [-0.15, -0.1) is 0 Å². The first-order chi connectivity index (χ1) is 57.1. The zero-order valence-electron chi connectivity index (χ0n) is 68.2. The van der Waals surface area contributed by atoms with Crippen LogP contribution in [0.15, 0.2) is 148 Å². The number of aromatic nitrogens is 4. The molecule has 32 heteroatoms. The predicted molar refractivity (Wildman–Crippen MR) is 469 cm³/mol. The molecule has 0 radical (unpaired) electrons. The molecule has 0 saturated carbocycles. The van der Waals surface area contributed by atoms with Crippen molar-refractivity contribution < 1.29 is 61.1 Å². The van der Waals surface area contributed by atoms with Crippen LogP contribution in [0.25, 0.3) is 55.7 Å². The Balaban J connectivity index is 0.698. The Morgan fingerprint density at radius 1 is 0.706 bits per heavy atom. The fourth-order valence-corrected chi connectivity index (χ4v) is 19.1. The standard InChI is InChI=1S/C87H104N14O14S4/c1-9-100(10-2)59-28-32-68-75(45-59)115-76-46-60(101(11-3)12-4)29-33-69(76)78(68)63-34-31-62(42-51(63)5)119(113,114)93-38-40-117-118-49-56(80(88)106)44-74(104)71(23-17-18-37-90-77(105)36-39-116-50-70-66-21-15-13-19-64(66)65-20-14-16-22-67(65)70)96-83(108)53(7)43-73(103)54(8)94-82(107)52(6)41-61(102)30-35-72(86(111)112)97-84(109)55-24-26-57(27-25-55)91-47-58-48-92-81-79(95-58)85(110)99-87(89)98-81/h13-16,19-22,24-29,31-34,42,45-46,48,52-54,56,70-72,93H,9-12,17-18,23,30,35-41,43-44,47,49-50H2,1-8H3,(H10-,88,89,90,91,92,94,96,97,98,99,105,106,107,108,109,110,111,112)/p+1/t52-,53-,54+,56+,71+,72+/m1/s1. The molecule has 0 unspecified atom stereocenters. The van der Waals surface area contributed by atoms with Crippen molar-refractivity contribution in [1.82, 2.24) is 50.5 Å². The lowest BCUT2D eigenvalue weighted by Crippen LogP contribution is -2.46. The number of carboxylic acids is 1. The first-order valence-corrected chi connectivity index (χ1v) is 45.3. The number of H-pyrrole nitrogens is 1. The van der Waals surface area contributed by atoms with E-state index < -0.39 is 98.4 Å². The van der Waals surface area contributed by atoms with Gasteiger partial charge in [0.15, 0.2) is 22.7 Å². The summed E-state index contributed by atoms with van der Waals surface area (Å²) in [6.45, 7) is 18.5. The van der Waals surface area contributed by atoms with E-state index >= 15 is 0 Å². The molecule has 5 amide bonds. The molecule has 1 aliphatic heterocycles. The number of unbranched alkanes of at least 4 members (excludes halogenated alkanes) is 1. The maximum atomic E-state index is 14.4. The first kappa shape index (κ1) is 90.5. The predicted octanol–water partition coefficient (Wildman–Crippen LogP) is 10.2. The van der Waals surface area contributed by atoms with E-state index in [2.05, 4.69) is 149 Å². The van der Waals surface area contributed by atoms with Gasteiger partial charge in [0.25, 0.3) is 11.5 Å². The number of thioether (sulfide) groups is 1. The second-order valence-electron chi connectivity index (χ2n) is 29.7. The second kappa shape index (κ2) is 42.7. The van der Waals surface area contributed by atoms with Crippen molar-refractivity contribution in [2.45, 2.75) is 149 Å². The number of aryl methyl sites for hydroxylation is 1. The van der Waals surface area contributed by atoms with Crippen LogP contribution in [0.2, 0.25) is 0 Å². The van der Waals surface area contributed by atoms with Crippen LogP contribution in [0.1, 0.15) is 145 Å². The number of sulfonamides is 1. The average Bonchev–Trinajstić information content (AvgIpc) is 1.60. The van der Waals surface area contributed by atoms with Gasteiger partial charge in [-0.05, 0) is 155 Å².